The van der Waals surface area contributed by atoms with Crippen LogP contribution in [0.15, 0.2) is 66.7 Å². The third-order valence-corrected chi connectivity index (χ3v) is 3.85. The normalized spacial score (nSPS) is 12.5. The van der Waals surface area contributed by atoms with Gasteiger partial charge in [0, 0.05) is 12.6 Å². The van der Waals surface area contributed by atoms with Crippen LogP contribution in [0.5, 0.6) is 0 Å². The third-order valence-electron chi connectivity index (χ3n) is 3.85. The summed E-state index contributed by atoms with van der Waals surface area (Å²) in [5, 5.41) is 6.04. The number of hydrogen-bond donors (Lipinski definition) is 1. The van der Waals surface area contributed by atoms with E-state index in [4.69, 9.17) is 0 Å². The lowest BCUT2D eigenvalue weighted by Gasteiger charge is -2.15. The Morgan fingerprint density at radius 3 is 2.43 bits per heavy atom. The SMILES string of the molecule is C[C@@H](NCc1cccc2ccccc12)c1ccc(F)cc1. The highest BCUT2D eigenvalue weighted by Gasteiger charge is 2.06. The van der Waals surface area contributed by atoms with E-state index in [1.165, 1.54) is 28.5 Å². The van der Waals surface area contributed by atoms with E-state index in [-0.39, 0.29) is 11.9 Å². The number of halogens is 1. The molecule has 0 saturated heterocycles. The molecule has 0 spiro atoms. The van der Waals surface area contributed by atoms with Gasteiger partial charge in [0.25, 0.3) is 0 Å². The van der Waals surface area contributed by atoms with Crippen molar-refractivity contribution >= 4 is 10.8 Å². The minimum Gasteiger partial charge on any atom is -0.306 e. The molecule has 0 aliphatic rings. The van der Waals surface area contributed by atoms with Crippen LogP contribution >= 0.6 is 0 Å². The van der Waals surface area contributed by atoms with E-state index in [9.17, 15) is 4.39 Å². The molecule has 1 nitrogen and oxygen atoms in total. The van der Waals surface area contributed by atoms with Crippen LogP contribution in [0.25, 0.3) is 10.8 Å². The van der Waals surface area contributed by atoms with Crippen molar-refractivity contribution in [3.8, 4) is 0 Å². The molecule has 0 aromatic heterocycles. The molecule has 2 heteroatoms. The third kappa shape index (κ3) is 3.11. The monoisotopic (exact) mass is 279 g/mol. The second-order valence-corrected chi connectivity index (χ2v) is 5.29. The van der Waals surface area contributed by atoms with Crippen molar-refractivity contribution in [3.05, 3.63) is 83.7 Å². The predicted molar refractivity (Wildman–Crippen MR) is 85.6 cm³/mol. The molecule has 0 amide bonds. The van der Waals surface area contributed by atoms with Gasteiger partial charge in [-0.15, -0.1) is 0 Å². The molecule has 21 heavy (non-hydrogen) atoms. The van der Waals surface area contributed by atoms with Gasteiger partial charge in [-0.1, -0.05) is 54.6 Å². The van der Waals surface area contributed by atoms with Gasteiger partial charge in [0.15, 0.2) is 0 Å². The van der Waals surface area contributed by atoms with Gasteiger partial charge < -0.3 is 5.32 Å². The van der Waals surface area contributed by atoms with Crippen LogP contribution in [0, 0.1) is 5.82 Å². The fraction of sp³-hybridized carbons (Fsp3) is 0.158. The molecule has 0 unspecified atom stereocenters. The number of hydrogen-bond acceptors (Lipinski definition) is 1. The predicted octanol–water partition coefficient (Wildman–Crippen LogP) is 4.83. The van der Waals surface area contributed by atoms with Crippen LogP contribution < -0.4 is 5.32 Å². The molecular weight excluding hydrogens is 261 g/mol. The molecule has 1 N–H and O–H groups in total. The average molecular weight is 279 g/mol. The molecule has 0 radical (unpaired) electrons. The molecule has 0 bridgehead atoms. The Morgan fingerprint density at radius 2 is 1.62 bits per heavy atom. The lowest BCUT2D eigenvalue weighted by Crippen LogP contribution is -2.18. The van der Waals surface area contributed by atoms with E-state index < -0.39 is 0 Å². The van der Waals surface area contributed by atoms with Gasteiger partial charge in [0.05, 0.1) is 0 Å². The molecule has 1 atom stereocenters. The van der Waals surface area contributed by atoms with Gasteiger partial charge in [-0.05, 0) is 41.0 Å². The van der Waals surface area contributed by atoms with Gasteiger partial charge in [0.2, 0.25) is 0 Å². The number of benzene rings is 3. The summed E-state index contributed by atoms with van der Waals surface area (Å²) >= 11 is 0. The first-order chi connectivity index (χ1) is 10.2. The van der Waals surface area contributed by atoms with Gasteiger partial charge in [0.1, 0.15) is 5.82 Å². The van der Waals surface area contributed by atoms with Crippen LogP contribution in [0.3, 0.4) is 0 Å². The number of rotatable bonds is 4. The minimum atomic E-state index is -0.194. The molecule has 3 aromatic rings. The van der Waals surface area contributed by atoms with E-state index in [2.05, 4.69) is 54.7 Å². The Bertz CT molecular complexity index is 729. The summed E-state index contributed by atoms with van der Waals surface area (Å²) in [7, 11) is 0. The van der Waals surface area contributed by atoms with Crippen molar-refractivity contribution in [2.24, 2.45) is 0 Å². The van der Waals surface area contributed by atoms with Crippen LogP contribution in [0.2, 0.25) is 0 Å². The largest absolute Gasteiger partial charge is 0.306 e. The highest BCUT2D eigenvalue weighted by atomic mass is 19.1. The van der Waals surface area contributed by atoms with E-state index in [1.54, 1.807) is 0 Å². The molecule has 3 rings (SSSR count). The average Bonchev–Trinajstić information content (AvgIpc) is 2.53. The summed E-state index contributed by atoms with van der Waals surface area (Å²) in [5.41, 5.74) is 2.37. The van der Waals surface area contributed by atoms with E-state index in [1.807, 2.05) is 12.1 Å². The highest BCUT2D eigenvalue weighted by Crippen LogP contribution is 2.20. The topological polar surface area (TPSA) is 12.0 Å². The Hall–Kier alpha value is -2.19. The molecule has 0 aliphatic carbocycles. The summed E-state index contributed by atoms with van der Waals surface area (Å²) in [6.07, 6.45) is 0. The summed E-state index contributed by atoms with van der Waals surface area (Å²) in [6.45, 7) is 2.89. The van der Waals surface area contributed by atoms with E-state index >= 15 is 0 Å². The second-order valence-electron chi connectivity index (χ2n) is 5.29. The van der Waals surface area contributed by atoms with Crippen molar-refractivity contribution in [2.75, 3.05) is 0 Å². The summed E-state index contributed by atoms with van der Waals surface area (Å²) in [4.78, 5) is 0. The quantitative estimate of drug-likeness (QED) is 0.721. The molecule has 0 fully saturated rings. The Morgan fingerprint density at radius 1 is 0.905 bits per heavy atom. The number of fused-ring (bicyclic) bond motifs is 1. The van der Waals surface area contributed by atoms with Crippen LogP contribution in [-0.4, -0.2) is 0 Å². The van der Waals surface area contributed by atoms with Crippen LogP contribution in [-0.2, 0) is 6.54 Å². The molecule has 0 aliphatic heterocycles. The lowest BCUT2D eigenvalue weighted by molar-refractivity contribution is 0.572. The first-order valence-electron chi connectivity index (χ1n) is 7.19. The van der Waals surface area contributed by atoms with Crippen molar-refractivity contribution < 1.29 is 4.39 Å². The smallest absolute Gasteiger partial charge is 0.123 e. The first-order valence-corrected chi connectivity index (χ1v) is 7.19. The van der Waals surface area contributed by atoms with Crippen molar-refractivity contribution in [3.63, 3.8) is 0 Å². The molecule has 0 heterocycles. The van der Waals surface area contributed by atoms with Crippen molar-refractivity contribution in [1.82, 2.24) is 5.32 Å². The fourth-order valence-corrected chi connectivity index (χ4v) is 2.58. The van der Waals surface area contributed by atoms with E-state index in [0.29, 0.717) is 0 Å². The summed E-state index contributed by atoms with van der Waals surface area (Å²) < 4.78 is 13.0. The molecular formula is C19H18FN. The zero-order valence-electron chi connectivity index (χ0n) is 12.0. The second kappa shape index (κ2) is 6.06. The maximum atomic E-state index is 13.0. The van der Waals surface area contributed by atoms with Gasteiger partial charge >= 0.3 is 0 Å². The standard InChI is InChI=1S/C19H18FN/c1-14(15-9-11-18(20)12-10-15)21-13-17-7-4-6-16-5-2-3-8-19(16)17/h2-12,14,21H,13H2,1H3/t14-/m1/s1. The van der Waals surface area contributed by atoms with Gasteiger partial charge in [-0.25, -0.2) is 4.39 Å². The van der Waals surface area contributed by atoms with Crippen molar-refractivity contribution in [2.45, 2.75) is 19.5 Å². The maximum Gasteiger partial charge on any atom is 0.123 e. The minimum absolute atomic E-state index is 0.185. The number of nitrogens with one attached hydrogen (secondary N) is 1. The molecule has 106 valence electrons. The van der Waals surface area contributed by atoms with E-state index in [0.717, 1.165) is 12.1 Å². The zero-order chi connectivity index (χ0) is 14.7. The van der Waals surface area contributed by atoms with Crippen LogP contribution in [0.4, 0.5) is 4.39 Å². The zero-order valence-corrected chi connectivity index (χ0v) is 12.0. The fourth-order valence-electron chi connectivity index (χ4n) is 2.58. The highest BCUT2D eigenvalue weighted by molar-refractivity contribution is 5.85. The molecule has 3 aromatic carbocycles. The van der Waals surface area contributed by atoms with Gasteiger partial charge in [-0.3, -0.25) is 0 Å². The first kappa shape index (κ1) is 13.8. The summed E-state index contributed by atoms with van der Waals surface area (Å²) in [5.74, 6) is -0.194. The Balaban J connectivity index is 1.76. The van der Waals surface area contributed by atoms with Crippen molar-refractivity contribution in [1.29, 1.82) is 0 Å². The van der Waals surface area contributed by atoms with Crippen LogP contribution in [0.1, 0.15) is 24.1 Å². The summed E-state index contributed by atoms with van der Waals surface area (Å²) in [6, 6.07) is 21.6. The Labute approximate surface area is 124 Å². The maximum absolute atomic E-state index is 13.0. The van der Waals surface area contributed by atoms with Gasteiger partial charge in [-0.2, -0.15) is 0 Å². The molecule has 0 saturated carbocycles. The lowest BCUT2D eigenvalue weighted by atomic mass is 10.0. The Kier molecular flexibility index (Phi) is 3.98.